The largest absolute Gasteiger partial charge is 0.508 e. The van der Waals surface area contributed by atoms with Gasteiger partial charge in [0.2, 0.25) is 0 Å². The number of aromatic hydroxyl groups is 1. The van der Waals surface area contributed by atoms with Crippen LogP contribution in [0.1, 0.15) is 33.4 Å². The maximum absolute atomic E-state index is 12.9. The number of aryl methyl sites for hydroxylation is 2. The minimum atomic E-state index is -4.50. The predicted octanol–water partition coefficient (Wildman–Crippen LogP) is 10.5. The Morgan fingerprint density at radius 1 is 0.627 bits per heavy atom. The molecule has 0 unspecified atom stereocenters. The van der Waals surface area contributed by atoms with Crippen molar-refractivity contribution in [3.8, 4) is 5.75 Å². The minimum Gasteiger partial charge on any atom is -0.508 e. The number of hydrogen-bond acceptors (Lipinski definition) is 7. The van der Waals surface area contributed by atoms with Gasteiger partial charge in [0, 0.05) is 0 Å². The fourth-order valence-electron chi connectivity index (χ4n) is 4.76. The van der Waals surface area contributed by atoms with Crippen LogP contribution in [0.2, 0.25) is 0 Å². The van der Waals surface area contributed by atoms with Crippen LogP contribution in [-0.2, 0) is 21.9 Å². The van der Waals surface area contributed by atoms with Crippen molar-refractivity contribution in [1.29, 1.82) is 0 Å². The van der Waals surface area contributed by atoms with Crippen LogP contribution in [0.25, 0.3) is 12.2 Å². The number of amides is 2. The molecule has 0 radical (unpaired) electrons. The molecule has 2 aliphatic heterocycles. The first-order chi connectivity index (χ1) is 23.9. The number of halogens is 6. The first-order valence-electron chi connectivity index (χ1n) is 14.7. The molecule has 0 saturated carbocycles. The van der Waals surface area contributed by atoms with Crippen molar-refractivity contribution in [2.24, 2.45) is 0 Å². The zero-order valence-corrected chi connectivity index (χ0v) is 29.6. The monoisotopic (exact) mass is 774 g/mol. The lowest BCUT2D eigenvalue weighted by Gasteiger charge is -2.16. The Kier molecular flexibility index (Phi) is 11.1. The molecule has 2 aliphatic rings. The standard InChI is InChI=1S/C18H12F3NO2S2.C18H12F3NOS2/c1-10-7-11(5-6-14(10)23)8-15-16(24)22(17(25)26-15)13-4-2-3-12(9-13)18(19,20)21;1-11-5-7-12(8-6-11)9-15-16(23)22(17(24)25-15)14-4-2-3-13(10-14)18(19,20)21/h2-9,23H,1H3;2-10H,1H3/b15-8-;15-9-. The van der Waals surface area contributed by atoms with E-state index in [0.717, 1.165) is 68.7 Å². The molecule has 0 spiro atoms. The molecule has 2 fully saturated rings. The number of benzene rings is 4. The number of thioether (sulfide) groups is 2. The summed E-state index contributed by atoms with van der Waals surface area (Å²) in [5, 5.41) is 9.57. The van der Waals surface area contributed by atoms with Crippen LogP contribution in [0.3, 0.4) is 0 Å². The third-order valence-electron chi connectivity index (χ3n) is 7.34. The number of nitrogens with zero attached hydrogens (tertiary/aromatic N) is 2. The second-order valence-corrected chi connectivity index (χ2v) is 14.4. The number of hydrogen-bond donors (Lipinski definition) is 1. The highest BCUT2D eigenvalue weighted by Gasteiger charge is 2.37. The van der Waals surface area contributed by atoms with E-state index in [1.54, 1.807) is 31.2 Å². The first-order valence-corrected chi connectivity index (χ1v) is 17.1. The fraction of sp³-hybridized carbons (Fsp3) is 0.111. The zero-order chi connectivity index (χ0) is 37.2. The van der Waals surface area contributed by atoms with Crippen molar-refractivity contribution in [2.75, 3.05) is 9.80 Å². The van der Waals surface area contributed by atoms with E-state index in [4.69, 9.17) is 24.4 Å². The predicted molar refractivity (Wildman–Crippen MR) is 198 cm³/mol. The van der Waals surface area contributed by atoms with Crippen LogP contribution in [0, 0.1) is 13.8 Å². The zero-order valence-electron chi connectivity index (χ0n) is 26.4. The van der Waals surface area contributed by atoms with E-state index >= 15 is 0 Å². The second-order valence-electron chi connectivity index (χ2n) is 11.1. The van der Waals surface area contributed by atoms with E-state index in [0.29, 0.717) is 20.9 Å². The average molecular weight is 775 g/mol. The molecule has 15 heteroatoms. The first kappa shape index (κ1) is 37.8. The summed E-state index contributed by atoms with van der Waals surface area (Å²) in [5.41, 5.74) is 1.78. The molecule has 0 aliphatic carbocycles. The summed E-state index contributed by atoms with van der Waals surface area (Å²) in [6, 6.07) is 21.5. The Labute approximate surface area is 307 Å². The van der Waals surface area contributed by atoms with Crippen LogP contribution in [0.5, 0.6) is 5.75 Å². The van der Waals surface area contributed by atoms with Gasteiger partial charge in [-0.2, -0.15) is 26.3 Å². The fourth-order valence-corrected chi connectivity index (χ4v) is 7.36. The van der Waals surface area contributed by atoms with E-state index in [1.165, 1.54) is 30.3 Å². The molecule has 0 bridgehead atoms. The average Bonchev–Trinajstić information content (AvgIpc) is 3.51. The van der Waals surface area contributed by atoms with Crippen molar-refractivity contribution in [1.82, 2.24) is 0 Å². The number of carbonyl (C=O) groups is 2. The Morgan fingerprint density at radius 2 is 1.06 bits per heavy atom. The molecule has 51 heavy (non-hydrogen) atoms. The maximum atomic E-state index is 12.9. The number of phenols is 1. The summed E-state index contributed by atoms with van der Waals surface area (Å²) in [7, 11) is 0. The maximum Gasteiger partial charge on any atom is 0.416 e. The van der Waals surface area contributed by atoms with E-state index in [2.05, 4.69) is 0 Å². The molecule has 2 amide bonds. The van der Waals surface area contributed by atoms with Gasteiger partial charge in [-0.25, -0.2) is 0 Å². The Morgan fingerprint density at radius 3 is 1.49 bits per heavy atom. The van der Waals surface area contributed by atoms with Crippen LogP contribution in [-0.4, -0.2) is 25.6 Å². The van der Waals surface area contributed by atoms with Crippen LogP contribution >= 0.6 is 48.0 Å². The summed E-state index contributed by atoms with van der Waals surface area (Å²) < 4.78 is 77.8. The molecule has 4 aromatic rings. The molecule has 0 atom stereocenters. The van der Waals surface area contributed by atoms with Crippen LogP contribution in [0.4, 0.5) is 37.7 Å². The lowest BCUT2D eigenvalue weighted by Crippen LogP contribution is -2.27. The van der Waals surface area contributed by atoms with Gasteiger partial charge < -0.3 is 5.11 Å². The van der Waals surface area contributed by atoms with Crippen LogP contribution in [0.15, 0.2) is 101 Å². The van der Waals surface area contributed by atoms with Gasteiger partial charge in [0.1, 0.15) is 5.75 Å². The van der Waals surface area contributed by atoms with E-state index in [1.807, 2.05) is 31.2 Å². The summed E-state index contributed by atoms with van der Waals surface area (Å²) in [6.07, 6.45) is -5.70. The topological polar surface area (TPSA) is 60.9 Å². The molecular weight excluding hydrogens is 751 g/mol. The van der Waals surface area contributed by atoms with Gasteiger partial charge >= 0.3 is 12.4 Å². The number of carbonyl (C=O) groups excluding carboxylic acids is 2. The lowest BCUT2D eigenvalue weighted by molar-refractivity contribution is -0.138. The Hall–Kier alpha value is -4.44. The van der Waals surface area contributed by atoms with E-state index in [-0.39, 0.29) is 25.8 Å². The molecule has 262 valence electrons. The summed E-state index contributed by atoms with van der Waals surface area (Å²) in [4.78, 5) is 28.2. The van der Waals surface area contributed by atoms with Gasteiger partial charge in [-0.05, 0) is 91.2 Å². The number of rotatable bonds is 4. The van der Waals surface area contributed by atoms with E-state index < -0.39 is 35.3 Å². The quantitative estimate of drug-likeness (QED) is 0.126. The Balaban J connectivity index is 0.000000198. The number of phenolic OH excluding ortho intramolecular Hbond substituents is 1. The Bertz CT molecular complexity index is 2110. The molecule has 1 N–H and O–H groups in total. The van der Waals surface area contributed by atoms with Gasteiger partial charge in [-0.1, -0.05) is 96.0 Å². The van der Waals surface area contributed by atoms with Gasteiger partial charge in [-0.15, -0.1) is 0 Å². The smallest absolute Gasteiger partial charge is 0.416 e. The third-order valence-corrected chi connectivity index (χ3v) is 9.95. The highest BCUT2D eigenvalue weighted by Crippen LogP contribution is 2.40. The van der Waals surface area contributed by atoms with Crippen LogP contribution < -0.4 is 9.80 Å². The van der Waals surface area contributed by atoms with Crippen molar-refractivity contribution in [3.63, 3.8) is 0 Å². The second kappa shape index (κ2) is 15.0. The van der Waals surface area contributed by atoms with Crippen molar-refractivity contribution in [2.45, 2.75) is 26.2 Å². The lowest BCUT2D eigenvalue weighted by atomic mass is 10.1. The van der Waals surface area contributed by atoms with Gasteiger partial charge in [0.25, 0.3) is 11.8 Å². The highest BCUT2D eigenvalue weighted by molar-refractivity contribution is 8.27. The number of thiocarbonyl (C=S) groups is 2. The molecule has 6 rings (SSSR count). The summed E-state index contributed by atoms with van der Waals surface area (Å²) in [6.45, 7) is 3.68. The van der Waals surface area contributed by atoms with Gasteiger partial charge in [0.15, 0.2) is 8.64 Å². The van der Waals surface area contributed by atoms with Gasteiger partial charge in [-0.3, -0.25) is 19.4 Å². The van der Waals surface area contributed by atoms with Crippen molar-refractivity contribution in [3.05, 3.63) is 134 Å². The molecular formula is C36H24F6N2O3S4. The van der Waals surface area contributed by atoms with Crippen molar-refractivity contribution < 1.29 is 41.0 Å². The number of alkyl halides is 6. The highest BCUT2D eigenvalue weighted by atomic mass is 32.2. The molecule has 4 aromatic carbocycles. The molecule has 5 nitrogen and oxygen atoms in total. The normalized spacial score (nSPS) is 16.7. The summed E-state index contributed by atoms with van der Waals surface area (Å²) in [5.74, 6) is -0.765. The number of anilines is 2. The van der Waals surface area contributed by atoms with E-state index in [9.17, 15) is 41.0 Å². The molecule has 2 heterocycles. The minimum absolute atomic E-state index is 0.0765. The third kappa shape index (κ3) is 8.90. The summed E-state index contributed by atoms with van der Waals surface area (Å²) >= 11 is 12.5. The van der Waals surface area contributed by atoms with Gasteiger partial charge in [0.05, 0.1) is 32.3 Å². The molecule has 2 saturated heterocycles. The SMILES string of the molecule is Cc1cc(/C=C2\SC(=S)N(c3cccc(C(F)(F)F)c3)C2=O)ccc1O.Cc1ccc(/C=C2\SC(=S)N(c3cccc(C(F)(F)F)c3)C2=O)cc1. The van der Waals surface area contributed by atoms with Crippen molar-refractivity contribution >= 4 is 91.9 Å². The molecule has 0 aromatic heterocycles.